The molecule has 0 spiro atoms. The maximum Gasteiger partial charge on any atom is 0.131 e. The van der Waals surface area contributed by atoms with Gasteiger partial charge in [-0.1, -0.05) is 6.08 Å². The number of rotatable bonds is 3. The number of aromatic nitrogens is 3. The molecule has 0 aliphatic heterocycles. The zero-order valence-electron chi connectivity index (χ0n) is 9.22. The van der Waals surface area contributed by atoms with Gasteiger partial charge in [0.15, 0.2) is 0 Å². The molecule has 0 bridgehead atoms. The molecular weight excluding hydrogens is 200 g/mol. The van der Waals surface area contributed by atoms with E-state index < -0.39 is 0 Å². The Labute approximate surface area is 94.5 Å². The number of nitrogen functional groups attached to an aromatic ring is 1. The molecule has 0 radical (unpaired) electrons. The predicted molar refractivity (Wildman–Crippen MR) is 64.8 cm³/mol. The monoisotopic (exact) mass is 214 g/mol. The van der Waals surface area contributed by atoms with Crippen LogP contribution in [0, 0.1) is 6.92 Å². The minimum atomic E-state index is 0.644. The molecule has 0 saturated carbocycles. The van der Waals surface area contributed by atoms with Gasteiger partial charge in [-0.15, -0.1) is 6.58 Å². The van der Waals surface area contributed by atoms with E-state index in [0.29, 0.717) is 12.4 Å². The summed E-state index contributed by atoms with van der Waals surface area (Å²) in [6.07, 6.45) is 5.29. The average Bonchev–Trinajstić information content (AvgIpc) is 2.63. The lowest BCUT2D eigenvalue weighted by Gasteiger charge is -2.02. The molecule has 2 heterocycles. The Hall–Kier alpha value is -2.10. The van der Waals surface area contributed by atoms with Gasteiger partial charge in [0.25, 0.3) is 0 Å². The van der Waals surface area contributed by atoms with Gasteiger partial charge in [-0.2, -0.15) is 0 Å². The van der Waals surface area contributed by atoms with Gasteiger partial charge in [0.1, 0.15) is 11.5 Å². The van der Waals surface area contributed by atoms with Crippen molar-refractivity contribution in [2.75, 3.05) is 5.73 Å². The van der Waals surface area contributed by atoms with Crippen LogP contribution in [0.5, 0.6) is 0 Å². The van der Waals surface area contributed by atoms with Crippen LogP contribution in [-0.4, -0.2) is 14.5 Å². The van der Waals surface area contributed by atoms with E-state index in [-0.39, 0.29) is 0 Å². The third kappa shape index (κ3) is 1.82. The van der Waals surface area contributed by atoms with E-state index in [1.54, 1.807) is 18.6 Å². The number of hydrogen-bond donors (Lipinski definition) is 1. The van der Waals surface area contributed by atoms with Crippen molar-refractivity contribution < 1.29 is 0 Å². The lowest BCUT2D eigenvalue weighted by Crippen LogP contribution is -2.00. The summed E-state index contributed by atoms with van der Waals surface area (Å²) < 4.78 is 1.85. The molecule has 0 atom stereocenters. The molecule has 0 unspecified atom stereocenters. The molecule has 16 heavy (non-hydrogen) atoms. The van der Waals surface area contributed by atoms with Gasteiger partial charge >= 0.3 is 0 Å². The van der Waals surface area contributed by atoms with Crippen LogP contribution in [0.1, 0.15) is 5.69 Å². The largest absolute Gasteiger partial charge is 0.383 e. The Kier molecular flexibility index (Phi) is 2.72. The molecule has 82 valence electrons. The molecule has 2 aromatic rings. The minimum Gasteiger partial charge on any atom is -0.383 e. The third-order valence-corrected chi connectivity index (χ3v) is 2.39. The SMILES string of the molecule is C=CCn1cnc(-c2ccc(C)nc2)c1N. The number of pyridine rings is 1. The first-order valence-corrected chi connectivity index (χ1v) is 5.07. The summed E-state index contributed by atoms with van der Waals surface area (Å²) >= 11 is 0. The Morgan fingerprint density at radius 3 is 2.88 bits per heavy atom. The first-order chi connectivity index (χ1) is 7.72. The molecule has 4 nitrogen and oxygen atoms in total. The second kappa shape index (κ2) is 4.18. The lowest BCUT2D eigenvalue weighted by atomic mass is 10.2. The molecule has 0 saturated heterocycles. The normalized spacial score (nSPS) is 10.3. The summed E-state index contributed by atoms with van der Waals surface area (Å²) in [5.41, 5.74) is 8.67. The molecule has 0 aromatic carbocycles. The van der Waals surface area contributed by atoms with Gasteiger partial charge in [-0.25, -0.2) is 4.98 Å². The number of aryl methyl sites for hydroxylation is 1. The first-order valence-electron chi connectivity index (χ1n) is 5.07. The van der Waals surface area contributed by atoms with Gasteiger partial charge in [0.05, 0.1) is 6.33 Å². The zero-order chi connectivity index (χ0) is 11.5. The summed E-state index contributed by atoms with van der Waals surface area (Å²) in [5.74, 6) is 0.644. The fourth-order valence-corrected chi connectivity index (χ4v) is 1.51. The van der Waals surface area contributed by atoms with Crippen molar-refractivity contribution >= 4 is 5.82 Å². The van der Waals surface area contributed by atoms with Crippen LogP contribution in [0.15, 0.2) is 37.3 Å². The molecular formula is C12H14N4. The summed E-state index contributed by atoms with van der Waals surface area (Å²) in [5, 5.41) is 0. The molecule has 0 aliphatic carbocycles. The highest BCUT2D eigenvalue weighted by molar-refractivity contribution is 5.69. The fourth-order valence-electron chi connectivity index (χ4n) is 1.51. The fraction of sp³-hybridized carbons (Fsp3) is 0.167. The zero-order valence-corrected chi connectivity index (χ0v) is 9.22. The molecule has 0 fully saturated rings. The number of nitrogens with two attached hydrogens (primary N) is 1. The van der Waals surface area contributed by atoms with E-state index in [1.807, 2.05) is 23.6 Å². The van der Waals surface area contributed by atoms with E-state index >= 15 is 0 Å². The standard InChI is InChI=1S/C12H14N4/c1-3-6-16-8-15-11(12(16)13)10-5-4-9(2)14-7-10/h3-5,7-8H,1,6,13H2,2H3. The summed E-state index contributed by atoms with van der Waals surface area (Å²) in [6.45, 7) is 6.29. The highest BCUT2D eigenvalue weighted by atomic mass is 15.1. The summed E-state index contributed by atoms with van der Waals surface area (Å²) in [7, 11) is 0. The molecule has 0 amide bonds. The van der Waals surface area contributed by atoms with E-state index in [9.17, 15) is 0 Å². The van der Waals surface area contributed by atoms with E-state index in [0.717, 1.165) is 17.0 Å². The van der Waals surface area contributed by atoms with Crippen molar-refractivity contribution in [2.24, 2.45) is 0 Å². The number of hydrogen-bond acceptors (Lipinski definition) is 3. The van der Waals surface area contributed by atoms with Gasteiger partial charge in [0.2, 0.25) is 0 Å². The maximum atomic E-state index is 5.98. The van der Waals surface area contributed by atoms with Gasteiger partial charge in [-0.3, -0.25) is 4.98 Å². The predicted octanol–water partition coefficient (Wildman–Crippen LogP) is 2.02. The van der Waals surface area contributed by atoms with Crippen LogP contribution in [0.4, 0.5) is 5.82 Å². The minimum absolute atomic E-state index is 0.644. The third-order valence-electron chi connectivity index (χ3n) is 2.39. The molecule has 4 heteroatoms. The van der Waals surface area contributed by atoms with Crippen LogP contribution in [-0.2, 0) is 6.54 Å². The summed E-state index contributed by atoms with van der Waals surface area (Å²) in [6, 6.07) is 3.92. The van der Waals surface area contributed by atoms with Crippen molar-refractivity contribution in [3.05, 3.63) is 43.0 Å². The quantitative estimate of drug-likeness (QED) is 0.795. The Balaban J connectivity index is 2.40. The molecule has 2 aromatic heterocycles. The van der Waals surface area contributed by atoms with Gasteiger partial charge in [-0.05, 0) is 19.1 Å². The Morgan fingerprint density at radius 2 is 2.25 bits per heavy atom. The number of allylic oxidation sites excluding steroid dienone is 1. The van der Waals surface area contributed by atoms with Crippen LogP contribution in [0.2, 0.25) is 0 Å². The van der Waals surface area contributed by atoms with Crippen molar-refractivity contribution in [3.8, 4) is 11.3 Å². The van der Waals surface area contributed by atoms with E-state index in [4.69, 9.17) is 5.73 Å². The molecule has 2 rings (SSSR count). The van der Waals surface area contributed by atoms with Crippen molar-refractivity contribution in [1.82, 2.24) is 14.5 Å². The van der Waals surface area contributed by atoms with Crippen LogP contribution in [0.25, 0.3) is 11.3 Å². The molecule has 0 aliphatic rings. The number of imidazole rings is 1. The highest BCUT2D eigenvalue weighted by Crippen LogP contribution is 2.23. The highest BCUT2D eigenvalue weighted by Gasteiger charge is 2.08. The second-order valence-corrected chi connectivity index (χ2v) is 3.61. The average molecular weight is 214 g/mol. The van der Waals surface area contributed by atoms with Crippen molar-refractivity contribution in [2.45, 2.75) is 13.5 Å². The molecule has 2 N–H and O–H groups in total. The Bertz CT molecular complexity index is 496. The Morgan fingerprint density at radius 1 is 1.44 bits per heavy atom. The number of anilines is 1. The second-order valence-electron chi connectivity index (χ2n) is 3.61. The maximum absolute atomic E-state index is 5.98. The van der Waals surface area contributed by atoms with Gasteiger partial charge in [0, 0.05) is 24.0 Å². The van der Waals surface area contributed by atoms with E-state index in [1.165, 1.54) is 0 Å². The van der Waals surface area contributed by atoms with Crippen molar-refractivity contribution in [3.63, 3.8) is 0 Å². The van der Waals surface area contributed by atoms with Gasteiger partial charge < -0.3 is 10.3 Å². The van der Waals surface area contributed by atoms with Crippen LogP contribution in [0.3, 0.4) is 0 Å². The van der Waals surface area contributed by atoms with Crippen molar-refractivity contribution in [1.29, 1.82) is 0 Å². The van der Waals surface area contributed by atoms with Crippen LogP contribution < -0.4 is 5.73 Å². The first kappa shape index (κ1) is 10.4. The topological polar surface area (TPSA) is 56.7 Å². The smallest absolute Gasteiger partial charge is 0.131 e. The summed E-state index contributed by atoms with van der Waals surface area (Å²) in [4.78, 5) is 8.51. The lowest BCUT2D eigenvalue weighted by molar-refractivity contribution is 0.833. The van der Waals surface area contributed by atoms with Crippen LogP contribution >= 0.6 is 0 Å². The number of nitrogens with zero attached hydrogens (tertiary/aromatic N) is 3. The van der Waals surface area contributed by atoms with E-state index in [2.05, 4.69) is 16.5 Å².